The number of epoxide rings is 1. The minimum absolute atomic E-state index is 0.216. The Balaban J connectivity index is 2.09. The highest BCUT2D eigenvalue weighted by atomic mass is 16.6. The van der Waals surface area contributed by atoms with Crippen molar-refractivity contribution in [1.29, 1.82) is 0 Å². The molecule has 1 unspecified atom stereocenters. The van der Waals surface area contributed by atoms with E-state index in [1.165, 1.54) is 0 Å². The highest BCUT2D eigenvalue weighted by Gasteiger charge is 2.26. The molecule has 3 nitrogen and oxygen atoms in total. The molecule has 0 saturated carbocycles. The van der Waals surface area contributed by atoms with E-state index < -0.39 is 0 Å². The van der Waals surface area contributed by atoms with Crippen LogP contribution in [0.2, 0.25) is 0 Å². The van der Waals surface area contributed by atoms with Crippen LogP contribution >= 0.6 is 0 Å². The van der Waals surface area contributed by atoms with Gasteiger partial charge in [0.05, 0.1) is 13.2 Å². The first-order valence-corrected chi connectivity index (χ1v) is 3.58. The Hall–Kier alpha value is -0.120. The Bertz CT molecular complexity index is 110. The molecule has 0 spiro atoms. The number of rotatable bonds is 4. The van der Waals surface area contributed by atoms with E-state index in [9.17, 15) is 0 Å². The van der Waals surface area contributed by atoms with Gasteiger partial charge in [-0.1, -0.05) is 0 Å². The zero-order valence-corrected chi connectivity index (χ0v) is 6.81. The van der Waals surface area contributed by atoms with Gasteiger partial charge in [0.2, 0.25) is 0 Å². The maximum absolute atomic E-state index is 5.47. The summed E-state index contributed by atoms with van der Waals surface area (Å²) in [4.78, 5) is 0. The molecular weight excluding hydrogens is 130 g/mol. The van der Waals surface area contributed by atoms with Crippen LogP contribution < -0.4 is 5.32 Å². The zero-order chi connectivity index (χ0) is 7.61. The third-order valence-corrected chi connectivity index (χ3v) is 1.63. The third-order valence-electron chi connectivity index (χ3n) is 1.63. The van der Waals surface area contributed by atoms with E-state index in [-0.39, 0.29) is 5.72 Å². The summed E-state index contributed by atoms with van der Waals surface area (Å²) in [7, 11) is 1.88. The Morgan fingerprint density at radius 3 is 2.70 bits per heavy atom. The molecule has 0 bridgehead atoms. The molecule has 1 N–H and O–H groups in total. The molecule has 1 rings (SSSR count). The van der Waals surface area contributed by atoms with Crippen LogP contribution in [-0.4, -0.2) is 32.1 Å². The molecule has 0 aromatic carbocycles. The van der Waals surface area contributed by atoms with Gasteiger partial charge < -0.3 is 9.47 Å². The van der Waals surface area contributed by atoms with Gasteiger partial charge in [-0.25, -0.2) is 0 Å². The number of nitrogens with one attached hydrogen (secondary N) is 1. The zero-order valence-electron chi connectivity index (χ0n) is 6.81. The van der Waals surface area contributed by atoms with Crippen LogP contribution in [0.15, 0.2) is 0 Å². The Morgan fingerprint density at radius 1 is 1.70 bits per heavy atom. The normalized spacial score (nSPS) is 24.9. The van der Waals surface area contributed by atoms with Crippen molar-refractivity contribution in [2.24, 2.45) is 0 Å². The summed E-state index contributed by atoms with van der Waals surface area (Å²) in [5.74, 6) is 0. The average molecular weight is 145 g/mol. The van der Waals surface area contributed by atoms with Gasteiger partial charge >= 0.3 is 0 Å². The molecular formula is C7H15NO2. The van der Waals surface area contributed by atoms with Crippen molar-refractivity contribution in [3.8, 4) is 0 Å². The second kappa shape index (κ2) is 2.86. The van der Waals surface area contributed by atoms with Crippen molar-refractivity contribution in [3.63, 3.8) is 0 Å². The predicted molar refractivity (Wildman–Crippen MR) is 38.8 cm³/mol. The fourth-order valence-corrected chi connectivity index (χ4v) is 0.538. The first-order valence-electron chi connectivity index (χ1n) is 3.58. The Labute approximate surface area is 61.7 Å². The lowest BCUT2D eigenvalue weighted by molar-refractivity contribution is -0.0434. The second-order valence-corrected chi connectivity index (χ2v) is 3.03. The van der Waals surface area contributed by atoms with Gasteiger partial charge in [-0.3, -0.25) is 5.32 Å². The van der Waals surface area contributed by atoms with Gasteiger partial charge in [0.25, 0.3) is 0 Å². The summed E-state index contributed by atoms with van der Waals surface area (Å²) in [5, 5.41) is 3.05. The van der Waals surface area contributed by atoms with Crippen LogP contribution in [0.1, 0.15) is 13.8 Å². The van der Waals surface area contributed by atoms with Gasteiger partial charge in [-0.05, 0) is 20.9 Å². The van der Waals surface area contributed by atoms with E-state index in [0.717, 1.165) is 6.61 Å². The monoisotopic (exact) mass is 145 g/mol. The summed E-state index contributed by atoms with van der Waals surface area (Å²) < 4.78 is 10.5. The van der Waals surface area contributed by atoms with Crippen molar-refractivity contribution >= 4 is 0 Å². The number of hydrogen-bond donors (Lipinski definition) is 1. The molecule has 0 aromatic heterocycles. The molecule has 0 radical (unpaired) electrons. The van der Waals surface area contributed by atoms with Crippen LogP contribution in [0.5, 0.6) is 0 Å². The standard InChI is InChI=1S/C7H15NO2/c1-7(2,8-3)10-5-6-4-9-6/h6,8H,4-5H2,1-3H3. The molecule has 60 valence electrons. The fraction of sp³-hybridized carbons (Fsp3) is 1.00. The lowest BCUT2D eigenvalue weighted by Crippen LogP contribution is -2.40. The topological polar surface area (TPSA) is 33.8 Å². The number of hydrogen-bond acceptors (Lipinski definition) is 3. The van der Waals surface area contributed by atoms with Crippen molar-refractivity contribution in [1.82, 2.24) is 5.32 Å². The molecule has 1 heterocycles. The van der Waals surface area contributed by atoms with E-state index in [1.807, 2.05) is 20.9 Å². The quantitative estimate of drug-likeness (QED) is 0.458. The molecule has 10 heavy (non-hydrogen) atoms. The van der Waals surface area contributed by atoms with Gasteiger partial charge in [0.1, 0.15) is 11.8 Å². The molecule has 3 heteroatoms. The molecule has 0 amide bonds. The first kappa shape index (κ1) is 7.98. The molecule has 1 aliphatic rings. The Morgan fingerprint density at radius 2 is 2.30 bits per heavy atom. The van der Waals surface area contributed by atoms with Crippen molar-refractivity contribution in [2.45, 2.75) is 25.7 Å². The molecule has 1 atom stereocenters. The fourth-order valence-electron chi connectivity index (χ4n) is 0.538. The molecule has 1 fully saturated rings. The predicted octanol–water partition coefficient (Wildman–Crippen LogP) is 0.357. The lowest BCUT2D eigenvalue weighted by atomic mass is 10.3. The van der Waals surface area contributed by atoms with E-state index in [2.05, 4.69) is 5.32 Å². The van der Waals surface area contributed by atoms with Crippen molar-refractivity contribution in [3.05, 3.63) is 0 Å². The Kier molecular flexibility index (Phi) is 2.28. The molecule has 0 aliphatic carbocycles. The second-order valence-electron chi connectivity index (χ2n) is 3.03. The minimum atomic E-state index is -0.216. The lowest BCUT2D eigenvalue weighted by Gasteiger charge is -2.23. The van der Waals surface area contributed by atoms with E-state index in [1.54, 1.807) is 0 Å². The summed E-state index contributed by atoms with van der Waals surface area (Å²) in [6.07, 6.45) is 0.354. The van der Waals surface area contributed by atoms with Crippen LogP contribution in [0.3, 0.4) is 0 Å². The maximum atomic E-state index is 5.47. The van der Waals surface area contributed by atoms with Crippen molar-refractivity contribution < 1.29 is 9.47 Å². The van der Waals surface area contributed by atoms with Gasteiger partial charge in [0, 0.05) is 0 Å². The SMILES string of the molecule is CNC(C)(C)OCC1CO1. The summed E-state index contributed by atoms with van der Waals surface area (Å²) >= 11 is 0. The van der Waals surface area contributed by atoms with Crippen LogP contribution in [-0.2, 0) is 9.47 Å². The van der Waals surface area contributed by atoms with Gasteiger partial charge in [-0.15, -0.1) is 0 Å². The third kappa shape index (κ3) is 2.64. The van der Waals surface area contributed by atoms with Crippen LogP contribution in [0.4, 0.5) is 0 Å². The van der Waals surface area contributed by atoms with Crippen molar-refractivity contribution in [2.75, 3.05) is 20.3 Å². The van der Waals surface area contributed by atoms with Gasteiger partial charge in [0.15, 0.2) is 0 Å². The van der Waals surface area contributed by atoms with E-state index >= 15 is 0 Å². The van der Waals surface area contributed by atoms with E-state index in [4.69, 9.17) is 9.47 Å². The largest absolute Gasteiger partial charge is 0.371 e. The summed E-state index contributed by atoms with van der Waals surface area (Å²) in [6, 6.07) is 0. The van der Waals surface area contributed by atoms with E-state index in [0.29, 0.717) is 12.7 Å². The molecule has 1 saturated heterocycles. The highest BCUT2D eigenvalue weighted by Crippen LogP contribution is 2.12. The maximum Gasteiger partial charge on any atom is 0.113 e. The summed E-state index contributed by atoms with van der Waals surface area (Å²) in [5.41, 5.74) is -0.216. The highest BCUT2D eigenvalue weighted by molar-refractivity contribution is 4.70. The summed E-state index contributed by atoms with van der Waals surface area (Å²) in [6.45, 7) is 5.55. The first-order chi connectivity index (χ1) is 4.64. The average Bonchev–Trinajstić information content (AvgIpc) is 2.66. The molecule has 0 aromatic rings. The minimum Gasteiger partial charge on any atom is -0.371 e. The van der Waals surface area contributed by atoms with Crippen LogP contribution in [0, 0.1) is 0 Å². The number of ether oxygens (including phenoxy) is 2. The van der Waals surface area contributed by atoms with Gasteiger partial charge in [-0.2, -0.15) is 0 Å². The van der Waals surface area contributed by atoms with Crippen LogP contribution in [0.25, 0.3) is 0 Å². The smallest absolute Gasteiger partial charge is 0.113 e. The molecule has 1 aliphatic heterocycles.